The van der Waals surface area contributed by atoms with E-state index >= 15 is 0 Å². The Labute approximate surface area is 116 Å². The molecule has 0 atom stereocenters. The van der Waals surface area contributed by atoms with E-state index in [9.17, 15) is 14.3 Å². The molecule has 0 unspecified atom stereocenters. The smallest absolute Gasteiger partial charge is 0.314 e. The fourth-order valence-electron chi connectivity index (χ4n) is 2.88. The molecule has 0 bridgehead atoms. The summed E-state index contributed by atoms with van der Waals surface area (Å²) in [5, 5.41) is 9.82. The lowest BCUT2D eigenvalue weighted by Crippen LogP contribution is -2.38. The Morgan fingerprint density at radius 2 is 2.00 bits per heavy atom. The van der Waals surface area contributed by atoms with Crippen LogP contribution in [0.15, 0.2) is 12.1 Å². The van der Waals surface area contributed by atoms with E-state index in [4.69, 9.17) is 16.3 Å². The zero-order valence-corrected chi connectivity index (χ0v) is 11.5. The number of rotatable bonds is 3. The van der Waals surface area contributed by atoms with Gasteiger partial charge in [-0.15, -0.1) is 0 Å². The van der Waals surface area contributed by atoms with E-state index in [2.05, 4.69) is 0 Å². The predicted octanol–water partition coefficient (Wildman–Crippen LogP) is 3.77. The number of halogens is 2. The summed E-state index contributed by atoms with van der Waals surface area (Å²) in [6.45, 7) is 0. The number of ether oxygens (including phenoxy) is 1. The highest BCUT2D eigenvalue weighted by Gasteiger charge is 2.44. The average molecular weight is 287 g/mol. The summed E-state index contributed by atoms with van der Waals surface area (Å²) in [7, 11) is 1.34. The van der Waals surface area contributed by atoms with E-state index in [0.29, 0.717) is 18.4 Å². The Morgan fingerprint density at radius 3 is 2.53 bits per heavy atom. The average Bonchev–Trinajstić information content (AvgIpc) is 2.38. The van der Waals surface area contributed by atoms with E-state index in [1.165, 1.54) is 13.2 Å². The Hall–Kier alpha value is -1.29. The van der Waals surface area contributed by atoms with Crippen LogP contribution in [0.25, 0.3) is 0 Å². The molecule has 3 nitrogen and oxygen atoms in total. The van der Waals surface area contributed by atoms with Gasteiger partial charge in [0.2, 0.25) is 0 Å². The van der Waals surface area contributed by atoms with Gasteiger partial charge in [0, 0.05) is 10.6 Å². The van der Waals surface area contributed by atoms with Gasteiger partial charge in [0.1, 0.15) is 0 Å². The number of benzene rings is 1. The van der Waals surface area contributed by atoms with Gasteiger partial charge in [0.05, 0.1) is 12.5 Å². The molecule has 1 N–H and O–H groups in total. The molecule has 1 aromatic carbocycles. The summed E-state index contributed by atoms with van der Waals surface area (Å²) >= 11 is 5.88. The number of hydrogen-bond donors (Lipinski definition) is 1. The second kappa shape index (κ2) is 5.37. The van der Waals surface area contributed by atoms with Crippen molar-refractivity contribution in [3.05, 3.63) is 28.5 Å². The largest absolute Gasteiger partial charge is 0.493 e. The van der Waals surface area contributed by atoms with Crippen LogP contribution in [0.2, 0.25) is 5.02 Å². The van der Waals surface area contributed by atoms with Gasteiger partial charge < -0.3 is 9.84 Å². The summed E-state index contributed by atoms with van der Waals surface area (Å²) in [5.74, 6) is -1.56. The maximum atomic E-state index is 13.9. The van der Waals surface area contributed by atoms with Crippen LogP contribution in [0.4, 0.5) is 4.39 Å². The summed E-state index contributed by atoms with van der Waals surface area (Å²) in [6.07, 6.45) is 3.59. The van der Waals surface area contributed by atoms with Crippen LogP contribution in [-0.2, 0) is 10.2 Å². The molecular weight excluding hydrogens is 271 g/mol. The number of carbonyl (C=O) groups is 1. The lowest BCUT2D eigenvalue weighted by molar-refractivity contribution is -0.145. The van der Waals surface area contributed by atoms with Crippen molar-refractivity contribution < 1.29 is 19.0 Å². The first-order chi connectivity index (χ1) is 9.01. The molecule has 104 valence electrons. The van der Waals surface area contributed by atoms with Gasteiger partial charge in [-0.3, -0.25) is 4.79 Å². The number of methoxy groups -OCH3 is 1. The third-order valence-corrected chi connectivity index (χ3v) is 4.06. The molecule has 19 heavy (non-hydrogen) atoms. The van der Waals surface area contributed by atoms with Gasteiger partial charge in [-0.25, -0.2) is 4.39 Å². The molecule has 0 saturated heterocycles. The molecule has 0 aromatic heterocycles. The first-order valence-corrected chi connectivity index (χ1v) is 6.66. The Bertz CT molecular complexity index is 496. The van der Waals surface area contributed by atoms with Gasteiger partial charge in [-0.1, -0.05) is 30.9 Å². The van der Waals surface area contributed by atoms with E-state index in [-0.39, 0.29) is 10.8 Å². The monoisotopic (exact) mass is 286 g/mol. The maximum Gasteiger partial charge on any atom is 0.314 e. The second-order valence-electron chi connectivity index (χ2n) is 4.92. The third kappa shape index (κ3) is 2.41. The van der Waals surface area contributed by atoms with Crippen molar-refractivity contribution in [3.8, 4) is 5.75 Å². The summed E-state index contributed by atoms with van der Waals surface area (Å²) in [4.78, 5) is 11.7. The Morgan fingerprint density at radius 1 is 1.37 bits per heavy atom. The Balaban J connectivity index is 2.62. The van der Waals surface area contributed by atoms with Crippen LogP contribution in [-0.4, -0.2) is 18.2 Å². The van der Waals surface area contributed by atoms with Crippen molar-refractivity contribution in [1.82, 2.24) is 0 Å². The molecule has 0 heterocycles. The minimum absolute atomic E-state index is 0.00583. The molecule has 1 aliphatic carbocycles. The van der Waals surface area contributed by atoms with E-state index < -0.39 is 17.2 Å². The van der Waals surface area contributed by atoms with Crippen LogP contribution in [0, 0.1) is 5.82 Å². The normalized spacial score (nSPS) is 18.1. The van der Waals surface area contributed by atoms with Gasteiger partial charge in [-0.2, -0.15) is 0 Å². The van der Waals surface area contributed by atoms with Gasteiger partial charge >= 0.3 is 5.97 Å². The number of carboxylic acids is 1. The molecule has 5 heteroatoms. The van der Waals surface area contributed by atoms with E-state index in [1.54, 1.807) is 0 Å². The lowest BCUT2D eigenvalue weighted by Gasteiger charge is -2.34. The highest BCUT2D eigenvalue weighted by atomic mass is 35.5. The predicted molar refractivity (Wildman–Crippen MR) is 70.4 cm³/mol. The standard InChI is InChI=1S/C14H16ClFO3/c1-19-12-10(7-9(15)8-11(12)16)14(13(17)18)5-3-2-4-6-14/h7-8H,2-6H2,1H3,(H,17,18). The minimum atomic E-state index is -1.09. The minimum Gasteiger partial charge on any atom is -0.493 e. The number of carboxylic acid groups (broad SMARTS) is 1. The van der Waals surface area contributed by atoms with Crippen LogP contribution in [0.5, 0.6) is 5.75 Å². The van der Waals surface area contributed by atoms with Crippen molar-refractivity contribution in [2.75, 3.05) is 7.11 Å². The van der Waals surface area contributed by atoms with Gasteiger partial charge in [0.15, 0.2) is 11.6 Å². The topological polar surface area (TPSA) is 46.5 Å². The first kappa shape index (κ1) is 14.1. The maximum absolute atomic E-state index is 13.9. The molecule has 1 aromatic rings. The van der Waals surface area contributed by atoms with E-state index in [1.807, 2.05) is 0 Å². The Kier molecular flexibility index (Phi) is 3.99. The van der Waals surface area contributed by atoms with E-state index in [0.717, 1.165) is 25.3 Å². The third-order valence-electron chi connectivity index (χ3n) is 3.84. The number of hydrogen-bond acceptors (Lipinski definition) is 2. The second-order valence-corrected chi connectivity index (χ2v) is 5.35. The fraction of sp³-hybridized carbons (Fsp3) is 0.500. The van der Waals surface area contributed by atoms with Gasteiger partial charge in [-0.05, 0) is 25.0 Å². The highest BCUT2D eigenvalue weighted by molar-refractivity contribution is 6.30. The van der Waals surface area contributed by atoms with Crippen molar-refractivity contribution >= 4 is 17.6 Å². The molecule has 0 spiro atoms. The summed E-state index contributed by atoms with van der Waals surface area (Å²) < 4.78 is 19.0. The SMILES string of the molecule is COc1c(F)cc(Cl)cc1C1(C(=O)O)CCCCC1. The molecule has 0 amide bonds. The molecule has 1 saturated carbocycles. The fourth-order valence-corrected chi connectivity index (χ4v) is 3.08. The molecule has 0 radical (unpaired) electrons. The van der Waals surface area contributed by atoms with Crippen LogP contribution < -0.4 is 4.74 Å². The molecule has 2 rings (SSSR count). The highest BCUT2D eigenvalue weighted by Crippen LogP contribution is 2.45. The molecular formula is C14H16ClFO3. The summed E-state index contributed by atoms with van der Waals surface area (Å²) in [6, 6.07) is 2.66. The summed E-state index contributed by atoms with van der Waals surface area (Å²) in [5.41, 5.74) is -0.734. The van der Waals surface area contributed by atoms with Crippen molar-refractivity contribution in [3.63, 3.8) is 0 Å². The molecule has 1 aliphatic rings. The van der Waals surface area contributed by atoms with Crippen molar-refractivity contribution in [2.45, 2.75) is 37.5 Å². The van der Waals surface area contributed by atoms with Crippen LogP contribution >= 0.6 is 11.6 Å². The number of aliphatic carboxylic acids is 1. The van der Waals surface area contributed by atoms with Crippen molar-refractivity contribution in [1.29, 1.82) is 0 Å². The quantitative estimate of drug-likeness (QED) is 0.920. The molecule has 1 fully saturated rings. The van der Waals surface area contributed by atoms with Crippen LogP contribution in [0.3, 0.4) is 0 Å². The first-order valence-electron chi connectivity index (χ1n) is 6.28. The van der Waals surface area contributed by atoms with Gasteiger partial charge in [0.25, 0.3) is 0 Å². The zero-order valence-electron chi connectivity index (χ0n) is 10.7. The molecule has 0 aliphatic heterocycles. The van der Waals surface area contributed by atoms with Crippen molar-refractivity contribution in [2.24, 2.45) is 0 Å². The zero-order chi connectivity index (χ0) is 14.0. The van der Waals surface area contributed by atoms with Crippen LogP contribution in [0.1, 0.15) is 37.7 Å². The lowest BCUT2D eigenvalue weighted by atomic mass is 9.69.